The van der Waals surface area contributed by atoms with Gasteiger partial charge in [0.05, 0.1) is 11.0 Å². The van der Waals surface area contributed by atoms with E-state index in [-0.39, 0.29) is 23.3 Å². The van der Waals surface area contributed by atoms with E-state index in [4.69, 9.17) is 8.94 Å². The average molecular weight is 416 g/mol. The smallest absolute Gasteiger partial charge is 0.349 e. The topological polar surface area (TPSA) is 124 Å². The molecular formula is C22H16N4O5. The van der Waals surface area contributed by atoms with Gasteiger partial charge in [0.25, 0.3) is 5.89 Å². The second-order valence-corrected chi connectivity index (χ2v) is 7.36. The minimum absolute atomic E-state index is 0.0234. The molecule has 0 spiro atoms. The minimum Gasteiger partial charge on any atom is -0.422 e. The van der Waals surface area contributed by atoms with Crippen molar-refractivity contribution in [2.24, 2.45) is 0 Å². The molecule has 0 amide bonds. The Kier molecular flexibility index (Phi) is 4.18. The predicted molar refractivity (Wildman–Crippen MR) is 114 cm³/mol. The largest absolute Gasteiger partial charge is 0.422 e. The third kappa shape index (κ3) is 3.07. The Morgan fingerprint density at radius 2 is 1.84 bits per heavy atom. The van der Waals surface area contributed by atoms with Crippen LogP contribution in [0.2, 0.25) is 0 Å². The number of rotatable bonds is 3. The zero-order valence-electron chi connectivity index (χ0n) is 16.6. The van der Waals surface area contributed by atoms with E-state index in [1.54, 1.807) is 36.4 Å². The Labute approximate surface area is 173 Å². The maximum Gasteiger partial charge on any atom is 0.349 e. The Morgan fingerprint density at radius 1 is 1.03 bits per heavy atom. The molecule has 0 radical (unpaired) electrons. The number of nitrogens with one attached hydrogen (secondary N) is 1. The maximum atomic E-state index is 12.4. The molecular weight excluding hydrogens is 400 g/mol. The fourth-order valence-corrected chi connectivity index (χ4v) is 3.55. The van der Waals surface area contributed by atoms with Crippen LogP contribution >= 0.6 is 0 Å². The van der Waals surface area contributed by atoms with Gasteiger partial charge in [-0.15, -0.1) is 0 Å². The molecule has 0 fully saturated rings. The summed E-state index contributed by atoms with van der Waals surface area (Å²) in [4.78, 5) is 43.5. The van der Waals surface area contributed by atoms with Gasteiger partial charge in [-0.2, -0.15) is 4.98 Å². The van der Waals surface area contributed by atoms with Crippen molar-refractivity contribution in [2.75, 3.05) is 0 Å². The number of aromatic amines is 1. The number of para-hydroxylation sites is 1. The summed E-state index contributed by atoms with van der Waals surface area (Å²) in [6.07, 6.45) is 0. The van der Waals surface area contributed by atoms with Gasteiger partial charge >= 0.3 is 16.7 Å². The SMILES string of the molecule is CC(C)n1c(=O)c(=O)[nH]c2cc(-c3noc(-c4cc5ccccc5oc4=O)n3)ccc21. The molecule has 2 aromatic carbocycles. The van der Waals surface area contributed by atoms with Crippen molar-refractivity contribution in [1.82, 2.24) is 19.7 Å². The Bertz CT molecular complexity index is 1640. The molecule has 0 saturated carbocycles. The highest BCUT2D eigenvalue weighted by Crippen LogP contribution is 2.25. The number of benzene rings is 2. The highest BCUT2D eigenvalue weighted by molar-refractivity contribution is 5.81. The molecule has 154 valence electrons. The lowest BCUT2D eigenvalue weighted by Gasteiger charge is -2.13. The van der Waals surface area contributed by atoms with Gasteiger partial charge in [-0.25, -0.2) is 4.79 Å². The van der Waals surface area contributed by atoms with Crippen LogP contribution in [0.1, 0.15) is 19.9 Å². The molecule has 0 unspecified atom stereocenters. The van der Waals surface area contributed by atoms with Crippen LogP contribution in [0.3, 0.4) is 0 Å². The first-order chi connectivity index (χ1) is 14.9. The van der Waals surface area contributed by atoms with Gasteiger partial charge in [-0.05, 0) is 44.2 Å². The first-order valence-electron chi connectivity index (χ1n) is 9.58. The van der Waals surface area contributed by atoms with Gasteiger partial charge in [0.1, 0.15) is 11.1 Å². The maximum absolute atomic E-state index is 12.4. The molecule has 5 rings (SSSR count). The predicted octanol–water partition coefficient (Wildman–Crippen LogP) is 3.09. The van der Waals surface area contributed by atoms with Crippen molar-refractivity contribution in [3.8, 4) is 22.8 Å². The lowest BCUT2D eigenvalue weighted by atomic mass is 10.1. The van der Waals surface area contributed by atoms with Gasteiger partial charge in [-0.3, -0.25) is 14.2 Å². The van der Waals surface area contributed by atoms with Crippen molar-refractivity contribution in [1.29, 1.82) is 0 Å². The average Bonchev–Trinajstić information content (AvgIpc) is 3.23. The molecule has 0 saturated heterocycles. The quantitative estimate of drug-likeness (QED) is 0.354. The first kappa shape index (κ1) is 18.7. The third-order valence-electron chi connectivity index (χ3n) is 4.99. The van der Waals surface area contributed by atoms with E-state index < -0.39 is 16.7 Å². The van der Waals surface area contributed by atoms with Crippen molar-refractivity contribution in [3.63, 3.8) is 0 Å². The number of hydrogen-bond donors (Lipinski definition) is 1. The molecule has 9 nitrogen and oxygen atoms in total. The van der Waals surface area contributed by atoms with Crippen molar-refractivity contribution in [3.05, 3.63) is 79.7 Å². The van der Waals surface area contributed by atoms with E-state index >= 15 is 0 Å². The lowest BCUT2D eigenvalue weighted by molar-refractivity contribution is 0.429. The molecule has 3 aromatic heterocycles. The summed E-state index contributed by atoms with van der Waals surface area (Å²) in [6.45, 7) is 3.66. The second kappa shape index (κ2) is 6.91. The van der Waals surface area contributed by atoms with Crippen LogP contribution in [0, 0.1) is 0 Å². The van der Waals surface area contributed by atoms with E-state index in [2.05, 4.69) is 15.1 Å². The number of H-pyrrole nitrogens is 1. The summed E-state index contributed by atoms with van der Waals surface area (Å²) in [5.41, 5.74) is 0.316. The fraction of sp³-hybridized carbons (Fsp3) is 0.136. The van der Waals surface area contributed by atoms with E-state index in [1.807, 2.05) is 26.0 Å². The number of fused-ring (bicyclic) bond motifs is 2. The molecule has 0 aliphatic carbocycles. The highest BCUT2D eigenvalue weighted by Gasteiger charge is 2.17. The number of aromatic nitrogens is 4. The molecule has 0 bridgehead atoms. The van der Waals surface area contributed by atoms with Gasteiger partial charge in [0.2, 0.25) is 5.82 Å². The summed E-state index contributed by atoms with van der Waals surface area (Å²) in [7, 11) is 0. The van der Waals surface area contributed by atoms with Crippen LogP contribution in [0.5, 0.6) is 0 Å². The highest BCUT2D eigenvalue weighted by atomic mass is 16.5. The monoisotopic (exact) mass is 416 g/mol. The van der Waals surface area contributed by atoms with Gasteiger partial charge in [0.15, 0.2) is 0 Å². The summed E-state index contributed by atoms with van der Waals surface area (Å²) in [5, 5.41) is 4.69. The van der Waals surface area contributed by atoms with E-state index in [0.29, 0.717) is 22.2 Å². The number of nitrogens with zero attached hydrogens (tertiary/aromatic N) is 3. The van der Waals surface area contributed by atoms with Crippen molar-refractivity contribution in [2.45, 2.75) is 19.9 Å². The molecule has 0 aliphatic heterocycles. The molecule has 31 heavy (non-hydrogen) atoms. The summed E-state index contributed by atoms with van der Waals surface area (Å²) in [6, 6.07) is 13.7. The van der Waals surface area contributed by atoms with Crippen molar-refractivity contribution >= 4 is 22.0 Å². The van der Waals surface area contributed by atoms with Gasteiger partial charge < -0.3 is 13.9 Å². The minimum atomic E-state index is -0.707. The lowest BCUT2D eigenvalue weighted by Crippen LogP contribution is -2.37. The van der Waals surface area contributed by atoms with E-state index in [9.17, 15) is 14.4 Å². The van der Waals surface area contributed by atoms with Crippen LogP contribution in [0.25, 0.3) is 44.8 Å². The molecule has 5 aromatic rings. The van der Waals surface area contributed by atoms with E-state index in [1.165, 1.54) is 4.57 Å². The fourth-order valence-electron chi connectivity index (χ4n) is 3.55. The Balaban J connectivity index is 1.62. The zero-order chi connectivity index (χ0) is 21.7. The standard InChI is InChI=1S/C22H16N4O5/c1-11(2)26-16-8-7-13(10-15(16)23-19(27)21(26)28)18-24-20(31-25-18)14-9-12-5-3-4-6-17(12)30-22(14)29/h3-11H,1-2H3,(H,23,27). The third-order valence-corrected chi connectivity index (χ3v) is 4.99. The molecule has 0 aliphatic rings. The van der Waals surface area contributed by atoms with Crippen LogP contribution in [-0.2, 0) is 0 Å². The molecule has 3 heterocycles. The summed E-state index contributed by atoms with van der Waals surface area (Å²) in [5.74, 6) is 0.253. The van der Waals surface area contributed by atoms with Crippen LogP contribution < -0.4 is 16.7 Å². The van der Waals surface area contributed by atoms with Crippen LogP contribution in [0.15, 0.2) is 71.9 Å². The van der Waals surface area contributed by atoms with Crippen LogP contribution in [0.4, 0.5) is 0 Å². The first-order valence-corrected chi connectivity index (χ1v) is 9.58. The van der Waals surface area contributed by atoms with E-state index in [0.717, 1.165) is 5.39 Å². The Morgan fingerprint density at radius 3 is 2.65 bits per heavy atom. The zero-order valence-corrected chi connectivity index (χ0v) is 16.6. The van der Waals surface area contributed by atoms with Gasteiger partial charge in [-0.1, -0.05) is 23.4 Å². The normalized spacial score (nSPS) is 11.6. The van der Waals surface area contributed by atoms with Crippen molar-refractivity contribution < 1.29 is 8.94 Å². The number of hydrogen-bond acceptors (Lipinski definition) is 7. The molecule has 1 N–H and O–H groups in total. The summed E-state index contributed by atoms with van der Waals surface area (Å²) >= 11 is 0. The molecule has 0 atom stereocenters. The van der Waals surface area contributed by atoms with Gasteiger partial charge in [0, 0.05) is 17.0 Å². The molecule has 9 heteroatoms. The second-order valence-electron chi connectivity index (χ2n) is 7.36. The summed E-state index contributed by atoms with van der Waals surface area (Å²) < 4.78 is 12.1. The van der Waals surface area contributed by atoms with Crippen LogP contribution in [-0.4, -0.2) is 19.7 Å². The Hall–Kier alpha value is -4.27.